The molecular weight excluding hydrogens is 425 g/mol. The van der Waals surface area contributed by atoms with Gasteiger partial charge in [0, 0.05) is 18.5 Å². The van der Waals surface area contributed by atoms with Gasteiger partial charge >= 0.3 is 10.1 Å². The molecule has 166 valence electrons. The van der Waals surface area contributed by atoms with Gasteiger partial charge in [-0.05, 0) is 29.7 Å². The number of aromatic nitrogens is 3. The van der Waals surface area contributed by atoms with Crippen molar-refractivity contribution in [3.63, 3.8) is 0 Å². The number of aliphatic hydroxyl groups excluding tert-OH is 1. The van der Waals surface area contributed by atoms with Crippen LogP contribution in [0.1, 0.15) is 36.8 Å². The Labute approximate surface area is 180 Å². The maximum atomic E-state index is 13.6. The lowest BCUT2D eigenvalue weighted by molar-refractivity contribution is 0.0758. The Morgan fingerprint density at radius 1 is 1.23 bits per heavy atom. The summed E-state index contributed by atoms with van der Waals surface area (Å²) >= 11 is 0. The van der Waals surface area contributed by atoms with Crippen LogP contribution >= 0.6 is 0 Å². The average molecular weight is 450 g/mol. The first-order chi connectivity index (χ1) is 14.8. The van der Waals surface area contributed by atoms with E-state index >= 15 is 0 Å². The summed E-state index contributed by atoms with van der Waals surface area (Å²) < 4.78 is 52.3. The van der Waals surface area contributed by atoms with Crippen LogP contribution in [0.3, 0.4) is 0 Å². The van der Waals surface area contributed by atoms with E-state index in [9.17, 15) is 12.8 Å². The highest BCUT2D eigenvalue weighted by atomic mass is 32.2. The highest BCUT2D eigenvalue weighted by molar-refractivity contribution is 7.87. The van der Waals surface area contributed by atoms with E-state index in [1.165, 1.54) is 22.8 Å². The second-order valence-corrected chi connectivity index (χ2v) is 8.55. The largest absolute Gasteiger partial charge is 0.394 e. The van der Waals surface area contributed by atoms with Gasteiger partial charge in [-0.15, -0.1) is 0 Å². The molecule has 1 aromatic carbocycles. The monoisotopic (exact) mass is 449 g/mol. The minimum atomic E-state index is -4.36. The standard InChI is InChI=1S/C21H24FN3O5S/c1-15(2)20-21(31(27,28)30-18-7-3-6-17(22)11-18)25(13-16-5-4-8-23-12-16)19(24-20)14-29-10-9-26/h3-8,11-12,15,26H,9-10,13-14H2,1-2H3. The van der Waals surface area contributed by atoms with E-state index in [1.54, 1.807) is 18.5 Å². The summed E-state index contributed by atoms with van der Waals surface area (Å²) in [7, 11) is -4.36. The van der Waals surface area contributed by atoms with Crippen molar-refractivity contribution in [2.24, 2.45) is 0 Å². The van der Waals surface area contributed by atoms with Crippen molar-refractivity contribution in [3.8, 4) is 5.75 Å². The number of imidazole rings is 1. The molecule has 10 heteroatoms. The van der Waals surface area contributed by atoms with Crippen LogP contribution in [0.15, 0.2) is 53.8 Å². The average Bonchev–Trinajstić information content (AvgIpc) is 3.08. The van der Waals surface area contributed by atoms with E-state index in [-0.39, 0.29) is 43.1 Å². The highest BCUT2D eigenvalue weighted by Gasteiger charge is 2.31. The first-order valence-corrected chi connectivity index (χ1v) is 11.1. The summed E-state index contributed by atoms with van der Waals surface area (Å²) in [5, 5.41) is 8.88. The number of halogens is 1. The zero-order valence-corrected chi connectivity index (χ0v) is 18.0. The highest BCUT2D eigenvalue weighted by Crippen LogP contribution is 2.29. The fourth-order valence-electron chi connectivity index (χ4n) is 3.00. The zero-order valence-electron chi connectivity index (χ0n) is 17.2. The van der Waals surface area contributed by atoms with Gasteiger partial charge in [-0.2, -0.15) is 8.42 Å². The molecule has 1 N–H and O–H groups in total. The molecule has 2 heterocycles. The topological polar surface area (TPSA) is 104 Å². The summed E-state index contributed by atoms with van der Waals surface area (Å²) in [5.41, 5.74) is 1.06. The van der Waals surface area contributed by atoms with Gasteiger partial charge in [-0.25, -0.2) is 9.37 Å². The van der Waals surface area contributed by atoms with Crippen molar-refractivity contribution in [1.29, 1.82) is 0 Å². The van der Waals surface area contributed by atoms with Gasteiger partial charge in [0.2, 0.25) is 0 Å². The molecule has 0 spiro atoms. The van der Waals surface area contributed by atoms with E-state index in [1.807, 2.05) is 19.9 Å². The van der Waals surface area contributed by atoms with Gasteiger partial charge in [0.25, 0.3) is 0 Å². The molecule has 0 bridgehead atoms. The summed E-state index contributed by atoms with van der Waals surface area (Å²) in [6.45, 7) is 3.70. The zero-order chi connectivity index (χ0) is 22.4. The van der Waals surface area contributed by atoms with Crippen LogP contribution in [0, 0.1) is 5.82 Å². The second kappa shape index (κ2) is 9.99. The minimum absolute atomic E-state index is 0.00394. The summed E-state index contributed by atoms with van der Waals surface area (Å²) in [6.07, 6.45) is 3.24. The first kappa shape index (κ1) is 22.9. The first-order valence-electron chi connectivity index (χ1n) is 9.68. The van der Waals surface area contributed by atoms with Gasteiger partial charge in [0.1, 0.15) is 24.0 Å². The molecule has 2 aromatic heterocycles. The van der Waals surface area contributed by atoms with Gasteiger partial charge in [-0.3, -0.25) is 4.98 Å². The number of nitrogens with zero attached hydrogens (tertiary/aromatic N) is 3. The van der Waals surface area contributed by atoms with Crippen molar-refractivity contribution >= 4 is 10.1 Å². The molecule has 0 radical (unpaired) electrons. The smallest absolute Gasteiger partial charge is 0.357 e. The lowest BCUT2D eigenvalue weighted by atomic mass is 10.1. The molecule has 0 fully saturated rings. The summed E-state index contributed by atoms with van der Waals surface area (Å²) in [4.78, 5) is 8.58. The molecule has 0 saturated heterocycles. The van der Waals surface area contributed by atoms with Crippen LogP contribution in [0.25, 0.3) is 0 Å². The lowest BCUT2D eigenvalue weighted by Crippen LogP contribution is -2.19. The quantitative estimate of drug-likeness (QED) is 0.375. The maximum Gasteiger partial charge on any atom is 0.357 e. The fraction of sp³-hybridized carbons (Fsp3) is 0.333. The number of benzene rings is 1. The Morgan fingerprint density at radius 3 is 2.68 bits per heavy atom. The minimum Gasteiger partial charge on any atom is -0.394 e. The van der Waals surface area contributed by atoms with Gasteiger partial charge < -0.3 is 18.6 Å². The maximum absolute atomic E-state index is 13.6. The van der Waals surface area contributed by atoms with Crippen molar-refractivity contribution < 1.29 is 26.8 Å². The van der Waals surface area contributed by atoms with Crippen LogP contribution in [-0.4, -0.2) is 41.3 Å². The van der Waals surface area contributed by atoms with Crippen LogP contribution in [-0.2, 0) is 28.0 Å². The van der Waals surface area contributed by atoms with E-state index in [4.69, 9.17) is 14.0 Å². The Kier molecular flexibility index (Phi) is 7.37. The number of aliphatic hydroxyl groups is 1. The van der Waals surface area contributed by atoms with E-state index in [0.717, 1.165) is 11.6 Å². The Balaban J connectivity index is 2.10. The molecule has 0 unspecified atom stereocenters. The van der Waals surface area contributed by atoms with Crippen molar-refractivity contribution in [1.82, 2.24) is 14.5 Å². The number of rotatable bonds is 10. The summed E-state index contributed by atoms with van der Waals surface area (Å²) in [5.74, 6) is -0.629. The molecule has 0 aliphatic rings. The predicted octanol–water partition coefficient (Wildman–Crippen LogP) is 2.87. The van der Waals surface area contributed by atoms with Crippen LogP contribution in [0.2, 0.25) is 0 Å². The molecule has 0 amide bonds. The molecule has 0 aliphatic carbocycles. The Bertz CT molecular complexity index is 1120. The Hall–Kier alpha value is -2.82. The fourth-order valence-corrected chi connectivity index (χ4v) is 4.42. The number of hydrogen-bond donors (Lipinski definition) is 1. The van der Waals surface area contributed by atoms with Crippen LogP contribution < -0.4 is 4.18 Å². The lowest BCUT2D eigenvalue weighted by Gasteiger charge is -2.14. The van der Waals surface area contributed by atoms with Crippen molar-refractivity contribution in [2.45, 2.75) is 37.9 Å². The van der Waals surface area contributed by atoms with Gasteiger partial charge in [0.05, 0.1) is 25.5 Å². The van der Waals surface area contributed by atoms with E-state index in [2.05, 4.69) is 9.97 Å². The van der Waals surface area contributed by atoms with E-state index < -0.39 is 15.9 Å². The third kappa shape index (κ3) is 5.66. The van der Waals surface area contributed by atoms with Crippen molar-refractivity contribution in [2.75, 3.05) is 13.2 Å². The molecule has 0 atom stereocenters. The Morgan fingerprint density at radius 2 is 2.03 bits per heavy atom. The SMILES string of the molecule is CC(C)c1nc(COCCO)n(Cc2cccnc2)c1S(=O)(=O)Oc1cccc(F)c1. The second-order valence-electron chi connectivity index (χ2n) is 7.09. The molecule has 31 heavy (non-hydrogen) atoms. The third-order valence-electron chi connectivity index (χ3n) is 4.34. The molecule has 3 aromatic rings. The molecule has 0 aliphatic heterocycles. The molecule has 3 rings (SSSR count). The number of ether oxygens (including phenoxy) is 1. The molecule has 8 nitrogen and oxygen atoms in total. The predicted molar refractivity (Wildman–Crippen MR) is 111 cm³/mol. The number of pyridine rings is 1. The molecule has 0 saturated carbocycles. The number of hydrogen-bond acceptors (Lipinski definition) is 7. The van der Waals surface area contributed by atoms with Crippen LogP contribution in [0.4, 0.5) is 4.39 Å². The van der Waals surface area contributed by atoms with Crippen molar-refractivity contribution in [3.05, 3.63) is 71.7 Å². The summed E-state index contributed by atoms with van der Waals surface area (Å²) in [6, 6.07) is 8.48. The van der Waals surface area contributed by atoms with Gasteiger partial charge in [0.15, 0.2) is 5.03 Å². The third-order valence-corrected chi connectivity index (χ3v) is 5.66. The normalized spacial score (nSPS) is 11.8. The van der Waals surface area contributed by atoms with Gasteiger partial charge in [-0.1, -0.05) is 26.0 Å². The van der Waals surface area contributed by atoms with Crippen LogP contribution in [0.5, 0.6) is 5.75 Å². The molecular formula is C21H24FN3O5S. The van der Waals surface area contributed by atoms with E-state index in [0.29, 0.717) is 11.5 Å².